The molecule has 1 aromatic heterocycles. The first-order chi connectivity index (χ1) is 10.6. The lowest BCUT2D eigenvalue weighted by atomic mass is 10.2. The molecule has 0 amide bonds. The number of nitrogens with one attached hydrogen (secondary N) is 1. The van der Waals surface area contributed by atoms with Gasteiger partial charge < -0.3 is 20.7 Å². The Morgan fingerprint density at radius 3 is 2.41 bits per heavy atom. The number of hydrogen-bond donors (Lipinski definition) is 2. The van der Waals surface area contributed by atoms with Crippen LogP contribution in [-0.2, 0) is 4.74 Å². The van der Waals surface area contributed by atoms with Crippen LogP contribution in [0.5, 0.6) is 0 Å². The Balaban J connectivity index is 1.73. The normalized spacial score (nSPS) is 14.9. The summed E-state index contributed by atoms with van der Waals surface area (Å²) in [6, 6.07) is 7.48. The summed E-state index contributed by atoms with van der Waals surface area (Å²) >= 11 is 0. The van der Waals surface area contributed by atoms with Crippen LogP contribution in [0.25, 0.3) is 0 Å². The van der Waals surface area contributed by atoms with Gasteiger partial charge in [-0.25, -0.2) is 0 Å². The number of rotatable bonds is 3. The van der Waals surface area contributed by atoms with Gasteiger partial charge in [0.2, 0.25) is 11.8 Å². The molecular formula is C14H15F2N5O. The van der Waals surface area contributed by atoms with Crippen molar-refractivity contribution < 1.29 is 13.5 Å². The van der Waals surface area contributed by atoms with Crippen LogP contribution in [0.3, 0.4) is 0 Å². The summed E-state index contributed by atoms with van der Waals surface area (Å²) < 4.78 is 31.5. The maximum atomic E-state index is 13.2. The summed E-state index contributed by atoms with van der Waals surface area (Å²) in [4.78, 5) is 9.23. The van der Waals surface area contributed by atoms with E-state index in [1.165, 1.54) is 0 Å². The van der Waals surface area contributed by atoms with E-state index in [0.717, 1.165) is 18.8 Å². The molecule has 2 aromatic rings. The highest BCUT2D eigenvalue weighted by molar-refractivity contribution is 5.60. The lowest BCUT2D eigenvalue weighted by Crippen LogP contribution is -2.36. The number of anilines is 4. The number of nitrogens with two attached hydrogens (primary N) is 1. The van der Waals surface area contributed by atoms with Gasteiger partial charge in [-0.05, 0) is 24.3 Å². The summed E-state index contributed by atoms with van der Waals surface area (Å²) in [5.74, 6) is -3.14. The molecule has 1 aliphatic heterocycles. The topological polar surface area (TPSA) is 76.3 Å². The second-order valence-corrected chi connectivity index (χ2v) is 4.81. The molecule has 1 aromatic carbocycles. The van der Waals surface area contributed by atoms with Gasteiger partial charge in [0.1, 0.15) is 0 Å². The fraction of sp³-hybridized carbons (Fsp3) is 0.286. The van der Waals surface area contributed by atoms with E-state index in [1.807, 2.05) is 24.3 Å². The van der Waals surface area contributed by atoms with Crippen molar-refractivity contribution in [3.8, 4) is 0 Å². The van der Waals surface area contributed by atoms with Crippen LogP contribution >= 0.6 is 0 Å². The summed E-state index contributed by atoms with van der Waals surface area (Å²) in [6.45, 7) is 3.11. The summed E-state index contributed by atoms with van der Waals surface area (Å²) in [7, 11) is 0. The summed E-state index contributed by atoms with van der Waals surface area (Å²) in [6.07, 6.45) is 0. The predicted molar refractivity (Wildman–Crippen MR) is 79.1 cm³/mol. The van der Waals surface area contributed by atoms with E-state index in [4.69, 9.17) is 10.5 Å². The number of aromatic nitrogens is 2. The molecule has 0 saturated carbocycles. The molecule has 0 atom stereocenters. The average molecular weight is 307 g/mol. The number of benzene rings is 1. The Bertz CT molecular complexity index is 636. The standard InChI is InChI=1S/C14H15F2N5O/c15-11-12(16)19-14(20-13(11)17)18-9-1-3-10(4-2-9)21-5-7-22-8-6-21/h1-4H,5-8H2,(H3,17,18,19,20). The molecule has 116 valence electrons. The van der Waals surface area contributed by atoms with Crippen LogP contribution < -0.4 is 16.0 Å². The highest BCUT2D eigenvalue weighted by atomic mass is 19.2. The zero-order chi connectivity index (χ0) is 15.5. The minimum Gasteiger partial charge on any atom is -0.381 e. The van der Waals surface area contributed by atoms with Crippen molar-refractivity contribution in [1.29, 1.82) is 0 Å². The van der Waals surface area contributed by atoms with Crippen molar-refractivity contribution in [3.05, 3.63) is 36.0 Å². The van der Waals surface area contributed by atoms with Gasteiger partial charge >= 0.3 is 0 Å². The minimum atomic E-state index is -1.28. The Kier molecular flexibility index (Phi) is 4.01. The molecule has 0 radical (unpaired) electrons. The van der Waals surface area contributed by atoms with Crippen LogP contribution in [-0.4, -0.2) is 36.3 Å². The quantitative estimate of drug-likeness (QED) is 0.844. The largest absolute Gasteiger partial charge is 0.381 e. The number of hydrogen-bond acceptors (Lipinski definition) is 6. The second kappa shape index (κ2) is 6.10. The molecule has 8 heteroatoms. The molecule has 3 rings (SSSR count). The molecule has 1 fully saturated rings. The molecular weight excluding hydrogens is 292 g/mol. The van der Waals surface area contributed by atoms with Gasteiger partial charge in [0.05, 0.1) is 13.2 Å². The van der Waals surface area contributed by atoms with E-state index in [9.17, 15) is 8.78 Å². The first kappa shape index (κ1) is 14.5. The monoisotopic (exact) mass is 307 g/mol. The van der Waals surface area contributed by atoms with Crippen LogP contribution in [0.15, 0.2) is 24.3 Å². The fourth-order valence-electron chi connectivity index (χ4n) is 2.20. The smallest absolute Gasteiger partial charge is 0.256 e. The first-order valence-corrected chi connectivity index (χ1v) is 6.82. The summed E-state index contributed by atoms with van der Waals surface area (Å²) in [5, 5.41) is 2.79. The molecule has 3 N–H and O–H groups in total. The van der Waals surface area contributed by atoms with Crippen LogP contribution in [0, 0.1) is 11.8 Å². The third kappa shape index (κ3) is 3.06. The van der Waals surface area contributed by atoms with E-state index >= 15 is 0 Å². The van der Waals surface area contributed by atoms with E-state index in [-0.39, 0.29) is 5.95 Å². The maximum absolute atomic E-state index is 13.2. The number of nitrogens with zero attached hydrogens (tertiary/aromatic N) is 3. The molecule has 6 nitrogen and oxygen atoms in total. The van der Waals surface area contributed by atoms with Crippen molar-refractivity contribution in [2.75, 3.05) is 42.3 Å². The van der Waals surface area contributed by atoms with Crippen molar-refractivity contribution in [1.82, 2.24) is 9.97 Å². The number of ether oxygens (including phenoxy) is 1. The predicted octanol–water partition coefficient (Wildman–Crippen LogP) is 1.92. The van der Waals surface area contributed by atoms with Gasteiger partial charge in [0.25, 0.3) is 5.95 Å². The van der Waals surface area contributed by atoms with Crippen LogP contribution in [0.4, 0.5) is 31.9 Å². The van der Waals surface area contributed by atoms with Crippen molar-refractivity contribution >= 4 is 23.1 Å². The number of nitrogen functional groups attached to an aromatic ring is 1. The molecule has 22 heavy (non-hydrogen) atoms. The van der Waals surface area contributed by atoms with Crippen molar-refractivity contribution in [2.24, 2.45) is 0 Å². The van der Waals surface area contributed by atoms with E-state index < -0.39 is 17.6 Å². The highest BCUT2D eigenvalue weighted by Gasteiger charge is 2.13. The molecule has 1 saturated heterocycles. The number of halogens is 2. The maximum Gasteiger partial charge on any atom is 0.256 e. The molecule has 1 aliphatic rings. The van der Waals surface area contributed by atoms with Gasteiger partial charge in [-0.3, -0.25) is 0 Å². The lowest BCUT2D eigenvalue weighted by molar-refractivity contribution is 0.122. The van der Waals surface area contributed by atoms with Gasteiger partial charge in [0, 0.05) is 24.5 Å². The van der Waals surface area contributed by atoms with E-state index in [2.05, 4.69) is 20.2 Å². The Morgan fingerprint density at radius 1 is 1.09 bits per heavy atom. The van der Waals surface area contributed by atoms with Crippen LogP contribution in [0.2, 0.25) is 0 Å². The van der Waals surface area contributed by atoms with Crippen LogP contribution in [0.1, 0.15) is 0 Å². The Morgan fingerprint density at radius 2 is 1.77 bits per heavy atom. The third-order valence-corrected chi connectivity index (χ3v) is 3.34. The zero-order valence-electron chi connectivity index (χ0n) is 11.7. The van der Waals surface area contributed by atoms with Crippen molar-refractivity contribution in [3.63, 3.8) is 0 Å². The Hall–Kier alpha value is -2.48. The van der Waals surface area contributed by atoms with E-state index in [1.54, 1.807) is 0 Å². The minimum absolute atomic E-state index is 0.0875. The van der Waals surface area contributed by atoms with Gasteiger partial charge in [-0.1, -0.05) is 0 Å². The fourth-order valence-corrected chi connectivity index (χ4v) is 2.20. The third-order valence-electron chi connectivity index (χ3n) is 3.34. The average Bonchev–Trinajstić information content (AvgIpc) is 2.54. The van der Waals surface area contributed by atoms with Crippen molar-refractivity contribution in [2.45, 2.75) is 0 Å². The second-order valence-electron chi connectivity index (χ2n) is 4.81. The SMILES string of the molecule is Nc1nc(Nc2ccc(N3CCOCC3)cc2)nc(F)c1F. The molecule has 2 heterocycles. The highest BCUT2D eigenvalue weighted by Crippen LogP contribution is 2.21. The zero-order valence-corrected chi connectivity index (χ0v) is 11.7. The van der Waals surface area contributed by atoms with Gasteiger partial charge in [0.15, 0.2) is 5.82 Å². The van der Waals surface area contributed by atoms with Gasteiger partial charge in [-0.15, -0.1) is 0 Å². The lowest BCUT2D eigenvalue weighted by Gasteiger charge is -2.28. The molecule has 0 unspecified atom stereocenters. The van der Waals surface area contributed by atoms with E-state index in [0.29, 0.717) is 18.9 Å². The molecule has 0 spiro atoms. The first-order valence-electron chi connectivity index (χ1n) is 6.82. The Labute approximate surface area is 125 Å². The summed E-state index contributed by atoms with van der Waals surface area (Å²) in [5.41, 5.74) is 7.00. The van der Waals surface area contributed by atoms with Gasteiger partial charge in [-0.2, -0.15) is 18.7 Å². The number of morpholine rings is 1. The molecule has 0 aliphatic carbocycles. The molecule has 0 bridgehead atoms.